The van der Waals surface area contributed by atoms with Gasteiger partial charge in [0.05, 0.1) is 23.2 Å². The summed E-state index contributed by atoms with van der Waals surface area (Å²) in [5.41, 5.74) is 3.11. The highest BCUT2D eigenvalue weighted by atomic mass is 16.7. The van der Waals surface area contributed by atoms with Crippen molar-refractivity contribution in [3.8, 4) is 22.8 Å². The normalized spacial score (nSPS) is 16.1. The van der Waals surface area contributed by atoms with Crippen LogP contribution in [0.15, 0.2) is 60.7 Å². The van der Waals surface area contributed by atoms with Crippen LogP contribution < -0.4 is 9.47 Å². The number of aromatic nitrogens is 2. The number of hydrogen-bond acceptors (Lipinski definition) is 5. The molecular formula is C22H18N2O3. The van der Waals surface area contributed by atoms with E-state index in [0.717, 1.165) is 41.2 Å². The van der Waals surface area contributed by atoms with Crippen LogP contribution in [0.5, 0.6) is 11.5 Å². The van der Waals surface area contributed by atoms with E-state index in [4.69, 9.17) is 9.47 Å². The largest absolute Gasteiger partial charge is 0.454 e. The second-order valence-corrected chi connectivity index (χ2v) is 7.03. The van der Waals surface area contributed by atoms with Crippen molar-refractivity contribution in [1.29, 1.82) is 0 Å². The van der Waals surface area contributed by atoms with Crippen molar-refractivity contribution in [2.24, 2.45) is 0 Å². The van der Waals surface area contributed by atoms with Crippen molar-refractivity contribution < 1.29 is 14.3 Å². The Kier molecular flexibility index (Phi) is 3.67. The summed E-state index contributed by atoms with van der Waals surface area (Å²) in [5.74, 6) is 1.64. The predicted molar refractivity (Wildman–Crippen MR) is 99.7 cm³/mol. The number of ether oxygens (including phenoxy) is 2. The third-order valence-corrected chi connectivity index (χ3v) is 5.34. The maximum Gasteiger partial charge on any atom is 0.231 e. The average Bonchev–Trinajstić information content (AvgIpc) is 3.40. The molecule has 1 saturated carbocycles. The Morgan fingerprint density at radius 2 is 1.74 bits per heavy atom. The quantitative estimate of drug-likeness (QED) is 0.696. The Bertz CT molecular complexity index is 996. The number of ketones is 1. The lowest BCUT2D eigenvalue weighted by atomic mass is 9.88. The number of carbonyl (C=O) groups is 1. The van der Waals surface area contributed by atoms with E-state index in [0.29, 0.717) is 5.69 Å². The molecule has 0 amide bonds. The molecule has 0 spiro atoms. The topological polar surface area (TPSA) is 61.3 Å². The number of benzene rings is 2. The summed E-state index contributed by atoms with van der Waals surface area (Å²) in [6.45, 7) is 0.239. The van der Waals surface area contributed by atoms with E-state index in [1.54, 1.807) is 0 Å². The fraction of sp³-hybridized carbons (Fsp3) is 0.227. The zero-order valence-electron chi connectivity index (χ0n) is 14.7. The van der Waals surface area contributed by atoms with Crippen LogP contribution in [0.25, 0.3) is 11.3 Å². The van der Waals surface area contributed by atoms with Gasteiger partial charge in [0.1, 0.15) is 5.78 Å². The van der Waals surface area contributed by atoms with Crippen LogP contribution in [0.3, 0.4) is 0 Å². The van der Waals surface area contributed by atoms with Gasteiger partial charge < -0.3 is 9.47 Å². The summed E-state index contributed by atoms with van der Waals surface area (Å²) in [5, 5.41) is 8.56. The maximum atomic E-state index is 13.0. The van der Waals surface area contributed by atoms with Crippen LogP contribution >= 0.6 is 0 Å². The zero-order chi connectivity index (χ0) is 18.3. The first-order valence-electron chi connectivity index (χ1n) is 9.06. The third kappa shape index (κ3) is 2.85. The fourth-order valence-electron chi connectivity index (χ4n) is 3.60. The SMILES string of the molecule is O=C(Cc1ccc(-c2ccccc2)nn1)C1(c2ccc3c(c2)OCO3)CC1. The highest BCUT2D eigenvalue weighted by molar-refractivity contribution is 5.94. The Balaban J connectivity index is 1.34. The van der Waals surface area contributed by atoms with Gasteiger partial charge in [0.25, 0.3) is 0 Å². The lowest BCUT2D eigenvalue weighted by molar-refractivity contribution is -0.120. The molecule has 134 valence electrons. The van der Waals surface area contributed by atoms with Crippen LogP contribution in [-0.4, -0.2) is 22.8 Å². The maximum absolute atomic E-state index is 13.0. The van der Waals surface area contributed by atoms with Gasteiger partial charge in [-0.05, 0) is 42.7 Å². The van der Waals surface area contributed by atoms with Gasteiger partial charge in [-0.25, -0.2) is 0 Å². The highest BCUT2D eigenvalue weighted by Gasteiger charge is 2.51. The van der Waals surface area contributed by atoms with Crippen LogP contribution in [0.2, 0.25) is 0 Å². The zero-order valence-corrected chi connectivity index (χ0v) is 14.7. The highest BCUT2D eigenvalue weighted by Crippen LogP contribution is 2.51. The molecule has 2 aliphatic rings. The minimum atomic E-state index is -0.416. The Morgan fingerprint density at radius 3 is 2.48 bits per heavy atom. The number of rotatable bonds is 5. The van der Waals surface area contributed by atoms with E-state index < -0.39 is 5.41 Å². The first kappa shape index (κ1) is 16.0. The number of carbonyl (C=O) groups excluding carboxylic acids is 1. The molecule has 1 aliphatic carbocycles. The average molecular weight is 358 g/mol. The molecule has 0 unspecified atom stereocenters. The van der Waals surface area contributed by atoms with E-state index in [1.165, 1.54) is 0 Å². The van der Waals surface area contributed by atoms with E-state index in [1.807, 2.05) is 60.7 Å². The molecule has 1 aromatic heterocycles. The standard InChI is InChI=1S/C22H18N2O3/c25-21(13-17-7-8-18(24-23-17)15-4-2-1-3-5-15)22(10-11-22)16-6-9-19-20(12-16)27-14-26-19/h1-9,12H,10-11,13-14H2. The molecule has 0 bridgehead atoms. The molecule has 3 aromatic rings. The van der Waals surface area contributed by atoms with Gasteiger partial charge in [0.15, 0.2) is 11.5 Å². The number of fused-ring (bicyclic) bond motifs is 1. The van der Waals surface area contributed by atoms with Gasteiger partial charge in [-0.1, -0.05) is 36.4 Å². The summed E-state index contributed by atoms with van der Waals surface area (Å²) in [6.07, 6.45) is 2.01. The molecule has 1 fully saturated rings. The Hall–Kier alpha value is -3.21. The van der Waals surface area contributed by atoms with Crippen molar-refractivity contribution in [1.82, 2.24) is 10.2 Å². The minimum Gasteiger partial charge on any atom is -0.454 e. The molecule has 2 aromatic carbocycles. The lowest BCUT2D eigenvalue weighted by Gasteiger charge is -2.15. The van der Waals surface area contributed by atoms with Gasteiger partial charge in [-0.2, -0.15) is 10.2 Å². The molecule has 0 saturated heterocycles. The number of nitrogens with zero attached hydrogens (tertiary/aromatic N) is 2. The van der Waals surface area contributed by atoms with Gasteiger partial charge in [0.2, 0.25) is 6.79 Å². The molecule has 5 rings (SSSR count). The van der Waals surface area contributed by atoms with E-state index >= 15 is 0 Å². The van der Waals surface area contributed by atoms with Gasteiger partial charge in [-0.3, -0.25) is 4.79 Å². The van der Waals surface area contributed by atoms with Crippen molar-refractivity contribution in [2.45, 2.75) is 24.7 Å². The first-order chi connectivity index (χ1) is 13.2. The second-order valence-electron chi connectivity index (χ2n) is 7.03. The van der Waals surface area contributed by atoms with Crippen molar-refractivity contribution in [3.05, 3.63) is 71.9 Å². The molecule has 5 heteroatoms. The summed E-state index contributed by atoms with van der Waals surface area (Å²) < 4.78 is 10.8. The first-order valence-corrected chi connectivity index (χ1v) is 9.06. The van der Waals surface area contributed by atoms with Crippen LogP contribution in [0.1, 0.15) is 24.1 Å². The van der Waals surface area contributed by atoms with Crippen molar-refractivity contribution in [2.75, 3.05) is 6.79 Å². The van der Waals surface area contributed by atoms with Crippen molar-refractivity contribution in [3.63, 3.8) is 0 Å². The molecule has 5 nitrogen and oxygen atoms in total. The molecule has 27 heavy (non-hydrogen) atoms. The molecule has 0 atom stereocenters. The smallest absolute Gasteiger partial charge is 0.231 e. The molecule has 2 heterocycles. The fourth-order valence-corrected chi connectivity index (χ4v) is 3.60. The van der Waals surface area contributed by atoms with E-state index in [9.17, 15) is 4.79 Å². The van der Waals surface area contributed by atoms with Gasteiger partial charge >= 0.3 is 0 Å². The minimum absolute atomic E-state index is 0.183. The predicted octanol–water partition coefficient (Wildman–Crippen LogP) is 3.72. The summed E-state index contributed by atoms with van der Waals surface area (Å²) >= 11 is 0. The lowest BCUT2D eigenvalue weighted by Crippen LogP contribution is -2.23. The van der Waals surface area contributed by atoms with Crippen LogP contribution in [0.4, 0.5) is 0 Å². The summed E-state index contributed by atoms with van der Waals surface area (Å²) in [6, 6.07) is 19.5. The monoisotopic (exact) mass is 358 g/mol. The summed E-state index contributed by atoms with van der Waals surface area (Å²) in [4.78, 5) is 13.0. The van der Waals surface area contributed by atoms with E-state index in [2.05, 4.69) is 10.2 Å². The summed E-state index contributed by atoms with van der Waals surface area (Å²) in [7, 11) is 0. The Labute approximate surface area is 157 Å². The van der Waals surface area contributed by atoms with Gasteiger partial charge in [0, 0.05) is 5.56 Å². The third-order valence-electron chi connectivity index (χ3n) is 5.34. The molecule has 0 N–H and O–H groups in total. The second kappa shape index (κ2) is 6.20. The number of hydrogen-bond donors (Lipinski definition) is 0. The molecular weight excluding hydrogens is 340 g/mol. The van der Waals surface area contributed by atoms with E-state index in [-0.39, 0.29) is 19.0 Å². The van der Waals surface area contributed by atoms with Gasteiger partial charge in [-0.15, -0.1) is 0 Å². The Morgan fingerprint density at radius 1 is 0.926 bits per heavy atom. The van der Waals surface area contributed by atoms with Crippen molar-refractivity contribution >= 4 is 5.78 Å². The molecule has 1 aliphatic heterocycles. The number of Topliss-reactive ketones (excluding diaryl/α,β-unsaturated/α-hetero) is 1. The molecule has 0 radical (unpaired) electrons. The van der Waals surface area contributed by atoms with Crippen LogP contribution in [0, 0.1) is 0 Å². The van der Waals surface area contributed by atoms with Crippen LogP contribution in [-0.2, 0) is 16.6 Å².